The predicted octanol–water partition coefficient (Wildman–Crippen LogP) is 1.61. The number of hydrogen-bond donors (Lipinski definition) is 2. The molecule has 0 aliphatic heterocycles. The van der Waals surface area contributed by atoms with Gasteiger partial charge in [0, 0.05) is 13.0 Å². The summed E-state index contributed by atoms with van der Waals surface area (Å²) < 4.78 is 0. The maximum atomic E-state index is 10.7. The highest BCUT2D eigenvalue weighted by atomic mass is 16.1. The van der Waals surface area contributed by atoms with Crippen LogP contribution in [0.25, 0.3) is 0 Å². The molecule has 0 radical (unpaired) electrons. The number of nitrogens with zero attached hydrogens (tertiary/aromatic N) is 1. The average Bonchev–Trinajstić information content (AvgIpc) is 2.91. The normalized spacial score (nSPS) is 14.9. The Hall–Kier alpha value is -1.58. The third-order valence-electron chi connectivity index (χ3n) is 2.02. The third-order valence-corrected chi connectivity index (χ3v) is 2.02. The van der Waals surface area contributed by atoms with E-state index in [4.69, 9.17) is 0 Å². The summed E-state index contributed by atoms with van der Waals surface area (Å²) in [6, 6.07) is 4.35. The highest BCUT2D eigenvalue weighted by molar-refractivity contribution is 5.87. The molecular formula is C10H13N3O. The zero-order valence-electron chi connectivity index (χ0n) is 8.08. The van der Waals surface area contributed by atoms with Crippen molar-refractivity contribution >= 4 is 17.4 Å². The second-order valence-electron chi connectivity index (χ2n) is 3.53. The lowest BCUT2D eigenvalue weighted by molar-refractivity contribution is -0.114. The number of anilines is 2. The molecule has 1 saturated carbocycles. The van der Waals surface area contributed by atoms with Crippen LogP contribution in [0.5, 0.6) is 0 Å². The molecule has 14 heavy (non-hydrogen) atoms. The molecule has 0 spiro atoms. The van der Waals surface area contributed by atoms with Crippen molar-refractivity contribution in [2.24, 2.45) is 0 Å². The second kappa shape index (κ2) is 3.65. The Morgan fingerprint density at radius 3 is 2.79 bits per heavy atom. The number of amides is 1. The van der Waals surface area contributed by atoms with Crippen molar-refractivity contribution in [1.82, 2.24) is 4.98 Å². The van der Waals surface area contributed by atoms with Crippen LogP contribution in [-0.4, -0.2) is 16.9 Å². The summed E-state index contributed by atoms with van der Waals surface area (Å²) in [7, 11) is 0. The van der Waals surface area contributed by atoms with E-state index < -0.39 is 0 Å². The van der Waals surface area contributed by atoms with Gasteiger partial charge in [0.15, 0.2) is 0 Å². The number of pyridine rings is 1. The first kappa shape index (κ1) is 8.99. The van der Waals surface area contributed by atoms with Crippen molar-refractivity contribution < 1.29 is 4.79 Å². The molecule has 1 aliphatic carbocycles. The SMILES string of the molecule is CC(=O)Nc1ccc(NC2CC2)cn1. The number of carbonyl (C=O) groups is 1. The Kier molecular flexibility index (Phi) is 2.35. The molecule has 0 bridgehead atoms. The van der Waals surface area contributed by atoms with Gasteiger partial charge in [-0.2, -0.15) is 0 Å². The van der Waals surface area contributed by atoms with Crippen LogP contribution in [0.4, 0.5) is 11.5 Å². The van der Waals surface area contributed by atoms with E-state index in [9.17, 15) is 4.79 Å². The van der Waals surface area contributed by atoms with E-state index in [0.717, 1.165) is 5.69 Å². The van der Waals surface area contributed by atoms with Crippen LogP contribution < -0.4 is 10.6 Å². The molecule has 4 nitrogen and oxygen atoms in total. The zero-order valence-corrected chi connectivity index (χ0v) is 8.08. The summed E-state index contributed by atoms with van der Waals surface area (Å²) >= 11 is 0. The molecule has 1 heterocycles. The van der Waals surface area contributed by atoms with Gasteiger partial charge in [-0.05, 0) is 25.0 Å². The van der Waals surface area contributed by atoms with Gasteiger partial charge in [0.1, 0.15) is 5.82 Å². The summed E-state index contributed by atoms with van der Waals surface area (Å²) in [6.07, 6.45) is 4.23. The molecule has 0 saturated heterocycles. The molecule has 0 aromatic carbocycles. The van der Waals surface area contributed by atoms with E-state index >= 15 is 0 Å². The first-order valence-electron chi connectivity index (χ1n) is 4.74. The minimum Gasteiger partial charge on any atom is -0.381 e. The maximum absolute atomic E-state index is 10.7. The average molecular weight is 191 g/mol. The monoisotopic (exact) mass is 191 g/mol. The molecule has 1 aromatic rings. The van der Waals surface area contributed by atoms with E-state index in [1.165, 1.54) is 19.8 Å². The van der Waals surface area contributed by atoms with Crippen LogP contribution >= 0.6 is 0 Å². The number of carbonyl (C=O) groups excluding carboxylic acids is 1. The van der Waals surface area contributed by atoms with Gasteiger partial charge in [0.25, 0.3) is 0 Å². The van der Waals surface area contributed by atoms with Crippen LogP contribution in [0.15, 0.2) is 18.3 Å². The number of hydrogen-bond acceptors (Lipinski definition) is 3. The van der Waals surface area contributed by atoms with Gasteiger partial charge < -0.3 is 10.6 Å². The number of aromatic nitrogens is 1. The minimum absolute atomic E-state index is 0.0968. The van der Waals surface area contributed by atoms with Crippen molar-refractivity contribution in [1.29, 1.82) is 0 Å². The Morgan fingerprint density at radius 2 is 2.29 bits per heavy atom. The van der Waals surface area contributed by atoms with Crippen LogP contribution in [0.1, 0.15) is 19.8 Å². The molecule has 1 fully saturated rings. The molecule has 0 atom stereocenters. The summed E-state index contributed by atoms with van der Waals surface area (Å²) in [4.78, 5) is 14.8. The van der Waals surface area contributed by atoms with E-state index in [-0.39, 0.29) is 5.91 Å². The fourth-order valence-electron chi connectivity index (χ4n) is 1.20. The van der Waals surface area contributed by atoms with Crippen LogP contribution in [0.2, 0.25) is 0 Å². The fraction of sp³-hybridized carbons (Fsp3) is 0.400. The lowest BCUT2D eigenvalue weighted by Crippen LogP contribution is -2.08. The van der Waals surface area contributed by atoms with E-state index in [2.05, 4.69) is 15.6 Å². The van der Waals surface area contributed by atoms with E-state index in [1.54, 1.807) is 12.3 Å². The Bertz CT molecular complexity index is 330. The van der Waals surface area contributed by atoms with Crippen LogP contribution in [0, 0.1) is 0 Å². The molecule has 2 N–H and O–H groups in total. The Labute approximate surface area is 82.7 Å². The highest BCUT2D eigenvalue weighted by Gasteiger charge is 2.20. The Morgan fingerprint density at radius 1 is 1.50 bits per heavy atom. The summed E-state index contributed by atoms with van der Waals surface area (Å²) in [5, 5.41) is 5.94. The lowest BCUT2D eigenvalue weighted by Gasteiger charge is -2.05. The van der Waals surface area contributed by atoms with Gasteiger partial charge in [-0.1, -0.05) is 0 Å². The van der Waals surface area contributed by atoms with Crippen molar-refractivity contribution in [2.45, 2.75) is 25.8 Å². The van der Waals surface area contributed by atoms with Crippen molar-refractivity contribution in [2.75, 3.05) is 10.6 Å². The first-order chi connectivity index (χ1) is 6.74. The fourth-order valence-corrected chi connectivity index (χ4v) is 1.20. The second-order valence-corrected chi connectivity index (χ2v) is 3.53. The van der Waals surface area contributed by atoms with E-state index in [1.807, 2.05) is 6.07 Å². The van der Waals surface area contributed by atoms with Gasteiger partial charge in [-0.3, -0.25) is 4.79 Å². The molecule has 4 heteroatoms. The van der Waals surface area contributed by atoms with Gasteiger partial charge >= 0.3 is 0 Å². The quantitative estimate of drug-likeness (QED) is 0.763. The highest BCUT2D eigenvalue weighted by Crippen LogP contribution is 2.24. The summed E-state index contributed by atoms with van der Waals surface area (Å²) in [5.74, 6) is 0.499. The van der Waals surface area contributed by atoms with Gasteiger partial charge in [0.05, 0.1) is 11.9 Å². The molecule has 2 rings (SSSR count). The minimum atomic E-state index is -0.0968. The summed E-state index contributed by atoms with van der Waals surface area (Å²) in [5.41, 5.74) is 1.02. The number of nitrogens with one attached hydrogen (secondary N) is 2. The standard InChI is InChI=1S/C10H13N3O/c1-7(14)12-10-5-4-9(6-11-10)13-8-2-3-8/h4-6,8,13H,2-3H2,1H3,(H,11,12,14). The predicted molar refractivity (Wildman–Crippen MR) is 55.2 cm³/mol. The topological polar surface area (TPSA) is 54.0 Å². The van der Waals surface area contributed by atoms with Crippen molar-refractivity contribution in [3.05, 3.63) is 18.3 Å². The molecule has 1 aliphatic rings. The zero-order chi connectivity index (χ0) is 9.97. The van der Waals surface area contributed by atoms with Gasteiger partial charge in [0.2, 0.25) is 5.91 Å². The van der Waals surface area contributed by atoms with Gasteiger partial charge in [-0.25, -0.2) is 4.98 Å². The molecule has 74 valence electrons. The molecule has 1 amide bonds. The molecule has 1 aromatic heterocycles. The summed E-state index contributed by atoms with van der Waals surface area (Å²) in [6.45, 7) is 1.47. The largest absolute Gasteiger partial charge is 0.381 e. The van der Waals surface area contributed by atoms with Crippen LogP contribution in [-0.2, 0) is 4.79 Å². The number of rotatable bonds is 3. The van der Waals surface area contributed by atoms with E-state index in [0.29, 0.717) is 11.9 Å². The van der Waals surface area contributed by atoms with Crippen molar-refractivity contribution in [3.63, 3.8) is 0 Å². The smallest absolute Gasteiger partial charge is 0.222 e. The first-order valence-corrected chi connectivity index (χ1v) is 4.74. The van der Waals surface area contributed by atoms with Gasteiger partial charge in [-0.15, -0.1) is 0 Å². The molecule has 0 unspecified atom stereocenters. The third kappa shape index (κ3) is 2.45. The maximum Gasteiger partial charge on any atom is 0.222 e. The van der Waals surface area contributed by atoms with Crippen LogP contribution in [0.3, 0.4) is 0 Å². The lowest BCUT2D eigenvalue weighted by atomic mass is 10.4. The van der Waals surface area contributed by atoms with Crippen molar-refractivity contribution in [3.8, 4) is 0 Å². The molecular weight excluding hydrogens is 178 g/mol. The Balaban J connectivity index is 1.97.